The molecule has 6 nitrogen and oxygen atoms in total. The van der Waals surface area contributed by atoms with E-state index in [1.807, 2.05) is 0 Å². The average Bonchev–Trinajstić information content (AvgIpc) is 2.37. The summed E-state index contributed by atoms with van der Waals surface area (Å²) in [6.45, 7) is 13.1. The molecule has 1 N–H and O–H groups in total. The standard InChI is InChI=1S/C14H23N3O3Si/c1-11(2)13-12(8-15-9-16-13)20-14(18)17-10-19-6-7-21(3,4)5/h8-9H,1,6-7,10H2,2-5H3,(H,17,18). The van der Waals surface area contributed by atoms with Crippen molar-refractivity contribution in [1.82, 2.24) is 15.3 Å². The number of carbonyl (C=O) groups excluding carboxylic acids is 1. The lowest BCUT2D eigenvalue weighted by molar-refractivity contribution is 0.121. The molecule has 0 unspecified atom stereocenters. The third-order valence-electron chi connectivity index (χ3n) is 2.60. The number of allylic oxidation sites excluding steroid dienone is 1. The first-order valence-electron chi connectivity index (χ1n) is 6.79. The number of carbonyl (C=O) groups is 1. The lowest BCUT2D eigenvalue weighted by Gasteiger charge is -2.15. The maximum Gasteiger partial charge on any atom is 0.414 e. The molecule has 0 aromatic carbocycles. The molecule has 0 saturated heterocycles. The van der Waals surface area contributed by atoms with Gasteiger partial charge in [0.15, 0.2) is 5.75 Å². The van der Waals surface area contributed by atoms with Crippen LogP contribution in [0.2, 0.25) is 25.7 Å². The molecule has 0 atom stereocenters. The Morgan fingerprint density at radius 1 is 1.43 bits per heavy atom. The number of amides is 1. The molecule has 116 valence electrons. The van der Waals surface area contributed by atoms with Crippen molar-refractivity contribution >= 4 is 19.7 Å². The molecule has 0 aliphatic carbocycles. The Morgan fingerprint density at radius 2 is 2.14 bits per heavy atom. The lowest BCUT2D eigenvalue weighted by atomic mass is 10.2. The van der Waals surface area contributed by atoms with Crippen LogP contribution in [0.25, 0.3) is 5.57 Å². The van der Waals surface area contributed by atoms with Crippen LogP contribution in [0.1, 0.15) is 12.6 Å². The van der Waals surface area contributed by atoms with Crippen molar-refractivity contribution in [1.29, 1.82) is 0 Å². The van der Waals surface area contributed by atoms with Gasteiger partial charge >= 0.3 is 6.09 Å². The summed E-state index contributed by atoms with van der Waals surface area (Å²) in [4.78, 5) is 19.5. The minimum absolute atomic E-state index is 0.124. The highest BCUT2D eigenvalue weighted by Gasteiger charge is 2.13. The van der Waals surface area contributed by atoms with E-state index < -0.39 is 14.2 Å². The van der Waals surface area contributed by atoms with E-state index in [1.165, 1.54) is 12.5 Å². The highest BCUT2D eigenvalue weighted by molar-refractivity contribution is 6.76. The van der Waals surface area contributed by atoms with Crippen LogP contribution in [-0.2, 0) is 4.74 Å². The molecule has 0 radical (unpaired) electrons. The maximum absolute atomic E-state index is 11.7. The topological polar surface area (TPSA) is 73.3 Å². The summed E-state index contributed by atoms with van der Waals surface area (Å²) >= 11 is 0. The summed E-state index contributed by atoms with van der Waals surface area (Å²) in [5.41, 5.74) is 1.21. The van der Waals surface area contributed by atoms with Gasteiger partial charge in [-0.15, -0.1) is 0 Å². The number of hydrogen-bond donors (Lipinski definition) is 1. The smallest absolute Gasteiger partial charge is 0.406 e. The van der Waals surface area contributed by atoms with Gasteiger partial charge in [-0.25, -0.2) is 14.8 Å². The van der Waals surface area contributed by atoms with Gasteiger partial charge in [-0.05, 0) is 18.5 Å². The molecule has 0 fully saturated rings. The van der Waals surface area contributed by atoms with Gasteiger partial charge in [-0.3, -0.25) is 5.32 Å². The molecule has 1 aromatic heterocycles. The molecule has 0 aliphatic heterocycles. The first kappa shape index (κ1) is 17.3. The third kappa shape index (κ3) is 7.01. The fourth-order valence-electron chi connectivity index (χ4n) is 1.41. The normalized spacial score (nSPS) is 11.0. The molecule has 0 spiro atoms. The Hall–Kier alpha value is -1.73. The van der Waals surface area contributed by atoms with E-state index >= 15 is 0 Å². The lowest BCUT2D eigenvalue weighted by Crippen LogP contribution is -2.30. The van der Waals surface area contributed by atoms with E-state index in [1.54, 1.807) is 6.92 Å². The van der Waals surface area contributed by atoms with Gasteiger partial charge in [-0.2, -0.15) is 0 Å². The predicted molar refractivity (Wildman–Crippen MR) is 84.9 cm³/mol. The second-order valence-electron chi connectivity index (χ2n) is 5.95. The van der Waals surface area contributed by atoms with E-state index in [0.717, 1.165) is 6.04 Å². The second-order valence-corrected chi connectivity index (χ2v) is 11.6. The van der Waals surface area contributed by atoms with Crippen molar-refractivity contribution in [2.45, 2.75) is 32.6 Å². The van der Waals surface area contributed by atoms with Crippen LogP contribution in [0.5, 0.6) is 5.75 Å². The SMILES string of the molecule is C=C(C)c1ncncc1OC(=O)NCOCC[Si](C)(C)C. The summed E-state index contributed by atoms with van der Waals surface area (Å²) in [6, 6.07) is 1.05. The van der Waals surface area contributed by atoms with E-state index in [9.17, 15) is 4.79 Å². The summed E-state index contributed by atoms with van der Waals surface area (Å²) in [5, 5.41) is 2.53. The van der Waals surface area contributed by atoms with Gasteiger partial charge in [0, 0.05) is 14.7 Å². The molecule has 1 heterocycles. The maximum atomic E-state index is 11.7. The highest BCUT2D eigenvalue weighted by atomic mass is 28.3. The van der Waals surface area contributed by atoms with Crippen molar-refractivity contribution in [3.8, 4) is 5.75 Å². The second kappa shape index (κ2) is 7.89. The number of rotatable bonds is 7. The van der Waals surface area contributed by atoms with E-state index in [4.69, 9.17) is 9.47 Å². The average molecular weight is 309 g/mol. The van der Waals surface area contributed by atoms with Gasteiger partial charge in [0.1, 0.15) is 18.8 Å². The third-order valence-corrected chi connectivity index (χ3v) is 4.30. The van der Waals surface area contributed by atoms with Crippen molar-refractivity contribution in [2.24, 2.45) is 0 Å². The van der Waals surface area contributed by atoms with Gasteiger partial charge in [-0.1, -0.05) is 26.2 Å². The van der Waals surface area contributed by atoms with E-state index in [0.29, 0.717) is 17.9 Å². The van der Waals surface area contributed by atoms with Crippen LogP contribution in [0.3, 0.4) is 0 Å². The molecule has 1 rings (SSSR count). The van der Waals surface area contributed by atoms with Crippen LogP contribution >= 0.6 is 0 Å². The number of ether oxygens (including phenoxy) is 2. The zero-order valence-corrected chi connectivity index (χ0v) is 14.1. The number of aromatic nitrogens is 2. The summed E-state index contributed by atoms with van der Waals surface area (Å²) in [5.74, 6) is 0.282. The number of nitrogens with zero attached hydrogens (tertiary/aromatic N) is 2. The largest absolute Gasteiger partial charge is 0.414 e. The van der Waals surface area contributed by atoms with Crippen LogP contribution in [0.15, 0.2) is 19.1 Å². The van der Waals surface area contributed by atoms with Crippen LogP contribution in [-0.4, -0.2) is 37.5 Å². The summed E-state index contributed by atoms with van der Waals surface area (Å²) < 4.78 is 10.5. The summed E-state index contributed by atoms with van der Waals surface area (Å²) in [7, 11) is -1.11. The molecular weight excluding hydrogens is 286 g/mol. The van der Waals surface area contributed by atoms with Crippen molar-refractivity contribution < 1.29 is 14.3 Å². The zero-order chi connectivity index (χ0) is 15.9. The van der Waals surface area contributed by atoms with Gasteiger partial charge < -0.3 is 9.47 Å². The van der Waals surface area contributed by atoms with Crippen LogP contribution < -0.4 is 10.1 Å². The first-order chi connectivity index (χ1) is 9.79. The van der Waals surface area contributed by atoms with Gasteiger partial charge in [0.25, 0.3) is 0 Å². The monoisotopic (exact) mass is 309 g/mol. The quantitative estimate of drug-likeness (QED) is 0.476. The molecule has 0 bridgehead atoms. The summed E-state index contributed by atoms with van der Waals surface area (Å²) in [6.07, 6.45) is 2.22. The highest BCUT2D eigenvalue weighted by Crippen LogP contribution is 2.20. The fourth-order valence-corrected chi connectivity index (χ4v) is 2.17. The van der Waals surface area contributed by atoms with Crippen molar-refractivity contribution in [3.05, 3.63) is 24.8 Å². The van der Waals surface area contributed by atoms with Crippen molar-refractivity contribution in [2.75, 3.05) is 13.3 Å². The predicted octanol–water partition coefficient (Wildman–Crippen LogP) is 2.91. The minimum Gasteiger partial charge on any atom is -0.406 e. The molecule has 0 aliphatic rings. The van der Waals surface area contributed by atoms with E-state index in [2.05, 4.69) is 41.5 Å². The molecular formula is C14H23N3O3Si. The van der Waals surface area contributed by atoms with Gasteiger partial charge in [0.05, 0.1) is 6.20 Å². The molecule has 1 aromatic rings. The van der Waals surface area contributed by atoms with Gasteiger partial charge in [0.2, 0.25) is 0 Å². The van der Waals surface area contributed by atoms with E-state index in [-0.39, 0.29) is 12.5 Å². The number of hydrogen-bond acceptors (Lipinski definition) is 5. The molecule has 21 heavy (non-hydrogen) atoms. The Bertz CT molecular complexity index is 500. The van der Waals surface area contributed by atoms with Crippen molar-refractivity contribution in [3.63, 3.8) is 0 Å². The Morgan fingerprint density at radius 3 is 2.76 bits per heavy atom. The minimum atomic E-state index is -1.11. The Labute approximate surface area is 126 Å². The van der Waals surface area contributed by atoms with Crippen LogP contribution in [0.4, 0.5) is 4.79 Å². The van der Waals surface area contributed by atoms with Crippen LogP contribution in [0, 0.1) is 0 Å². The molecule has 0 saturated carbocycles. The fraction of sp³-hybridized carbons (Fsp3) is 0.500. The molecule has 7 heteroatoms. The number of nitrogens with one attached hydrogen (secondary N) is 1. The Kier molecular flexibility index (Phi) is 6.51. The Balaban J connectivity index is 2.36. The first-order valence-corrected chi connectivity index (χ1v) is 10.5. The zero-order valence-electron chi connectivity index (χ0n) is 13.1. The molecule has 1 amide bonds.